The molecule has 0 aliphatic carbocycles. The van der Waals surface area contributed by atoms with Crippen molar-refractivity contribution in [2.45, 2.75) is 39.3 Å². The molecule has 0 bridgehead atoms. The molecule has 1 aromatic carbocycles. The van der Waals surface area contributed by atoms with Gasteiger partial charge in [0.15, 0.2) is 16.6 Å². The number of hydrogen-bond acceptors (Lipinski definition) is 8. The minimum absolute atomic E-state index is 0.0951. The molecule has 32 heavy (non-hydrogen) atoms. The van der Waals surface area contributed by atoms with Gasteiger partial charge < -0.3 is 24.4 Å². The minimum Gasteiger partial charge on any atom is -0.493 e. The van der Waals surface area contributed by atoms with E-state index in [9.17, 15) is 4.79 Å². The van der Waals surface area contributed by atoms with E-state index in [-0.39, 0.29) is 12.0 Å². The van der Waals surface area contributed by atoms with Crippen molar-refractivity contribution in [2.75, 3.05) is 38.3 Å². The Balaban J connectivity index is 1.36. The van der Waals surface area contributed by atoms with Gasteiger partial charge in [-0.15, -0.1) is 11.3 Å². The summed E-state index contributed by atoms with van der Waals surface area (Å²) in [6.45, 7) is 7.82. The van der Waals surface area contributed by atoms with E-state index in [1.807, 2.05) is 24.3 Å². The van der Waals surface area contributed by atoms with Crippen LogP contribution in [0, 0.1) is 0 Å². The van der Waals surface area contributed by atoms with Crippen molar-refractivity contribution in [2.24, 2.45) is 0 Å². The third-order valence-electron chi connectivity index (χ3n) is 5.47. The lowest BCUT2D eigenvalue weighted by Crippen LogP contribution is -2.22. The molecule has 1 saturated heterocycles. The van der Waals surface area contributed by atoms with E-state index in [2.05, 4.69) is 24.1 Å². The number of thiophene rings is 1. The van der Waals surface area contributed by atoms with Gasteiger partial charge in [0.25, 0.3) is 5.91 Å². The number of rotatable bonds is 10. The molecule has 9 heteroatoms. The molecular weight excluding hydrogens is 446 g/mol. The van der Waals surface area contributed by atoms with Crippen LogP contribution >= 0.6 is 22.7 Å². The molecule has 3 heterocycles. The highest BCUT2D eigenvalue weighted by Crippen LogP contribution is 2.34. The number of fused-ring (bicyclic) bond motifs is 1. The summed E-state index contributed by atoms with van der Waals surface area (Å²) in [4.78, 5) is 21.2. The zero-order valence-corrected chi connectivity index (χ0v) is 20.3. The minimum atomic E-state index is -0.0951. The molecule has 1 N–H and O–H groups in total. The molecule has 1 fully saturated rings. The summed E-state index contributed by atoms with van der Waals surface area (Å²) < 4.78 is 18.0. The second-order valence-corrected chi connectivity index (χ2v) is 9.60. The Bertz CT molecular complexity index is 1020. The second kappa shape index (κ2) is 10.5. The molecule has 1 unspecified atom stereocenters. The molecule has 7 nitrogen and oxygen atoms in total. The predicted octanol–water partition coefficient (Wildman–Crippen LogP) is 4.70. The maximum absolute atomic E-state index is 12.7. The Labute approximate surface area is 196 Å². The molecule has 1 aliphatic rings. The maximum atomic E-state index is 12.7. The Morgan fingerprint density at radius 1 is 1.25 bits per heavy atom. The Hall–Kier alpha value is -2.36. The standard InChI is InChI=1S/C23H29N3O4S2/c1-4-26(5-2)23-25-22-20(32-23)12-19(31-22)21(27)24-13-15-8-9-17(18(11-15)28-3)30-14-16-7-6-10-29-16/h8-9,11-12,16H,4-7,10,13-14H2,1-3H3,(H,24,27). The predicted molar refractivity (Wildman–Crippen MR) is 130 cm³/mol. The summed E-state index contributed by atoms with van der Waals surface area (Å²) >= 11 is 3.07. The number of hydrogen-bond donors (Lipinski definition) is 1. The number of carbonyl (C=O) groups is 1. The number of methoxy groups -OCH3 is 1. The van der Waals surface area contributed by atoms with E-state index in [0.29, 0.717) is 29.5 Å². The van der Waals surface area contributed by atoms with Gasteiger partial charge in [-0.1, -0.05) is 17.4 Å². The first-order valence-electron chi connectivity index (χ1n) is 11.0. The molecule has 1 aliphatic heterocycles. The first kappa shape index (κ1) is 22.8. The van der Waals surface area contributed by atoms with Crippen molar-refractivity contribution in [3.8, 4) is 11.5 Å². The van der Waals surface area contributed by atoms with Crippen LogP contribution in [-0.4, -0.2) is 50.4 Å². The Kier molecular flexibility index (Phi) is 7.49. The number of benzene rings is 1. The van der Waals surface area contributed by atoms with E-state index in [0.717, 1.165) is 52.8 Å². The van der Waals surface area contributed by atoms with Crippen LogP contribution in [0.2, 0.25) is 0 Å². The number of carbonyl (C=O) groups excluding carboxylic acids is 1. The van der Waals surface area contributed by atoms with Crippen molar-refractivity contribution >= 4 is 43.2 Å². The van der Waals surface area contributed by atoms with Crippen molar-refractivity contribution < 1.29 is 19.0 Å². The van der Waals surface area contributed by atoms with Crippen LogP contribution in [0.3, 0.4) is 0 Å². The van der Waals surface area contributed by atoms with E-state index in [1.54, 1.807) is 18.4 Å². The van der Waals surface area contributed by atoms with Crippen LogP contribution in [0.25, 0.3) is 9.53 Å². The molecule has 2 aromatic heterocycles. The fourth-order valence-electron chi connectivity index (χ4n) is 3.63. The number of anilines is 1. The number of ether oxygens (including phenoxy) is 3. The highest BCUT2D eigenvalue weighted by atomic mass is 32.1. The average molecular weight is 476 g/mol. The lowest BCUT2D eigenvalue weighted by molar-refractivity contribution is 0.0669. The molecule has 4 rings (SSSR count). The summed E-state index contributed by atoms with van der Waals surface area (Å²) in [6.07, 6.45) is 2.26. The summed E-state index contributed by atoms with van der Waals surface area (Å²) in [5, 5.41) is 4.01. The van der Waals surface area contributed by atoms with Gasteiger partial charge in [0.2, 0.25) is 0 Å². The highest BCUT2D eigenvalue weighted by molar-refractivity contribution is 7.29. The van der Waals surface area contributed by atoms with Crippen LogP contribution < -0.4 is 19.7 Å². The summed E-state index contributed by atoms with van der Waals surface area (Å²) in [5.74, 6) is 1.24. The average Bonchev–Trinajstić information content (AvgIpc) is 3.54. The van der Waals surface area contributed by atoms with Crippen LogP contribution in [0.4, 0.5) is 5.13 Å². The lowest BCUT2D eigenvalue weighted by Gasteiger charge is -2.16. The fourth-order valence-corrected chi connectivity index (χ4v) is 5.89. The van der Waals surface area contributed by atoms with Gasteiger partial charge in [0, 0.05) is 26.2 Å². The van der Waals surface area contributed by atoms with Crippen molar-refractivity contribution in [1.29, 1.82) is 0 Å². The summed E-state index contributed by atoms with van der Waals surface area (Å²) in [6, 6.07) is 7.66. The smallest absolute Gasteiger partial charge is 0.261 e. The van der Waals surface area contributed by atoms with Gasteiger partial charge >= 0.3 is 0 Å². The number of nitrogens with zero attached hydrogens (tertiary/aromatic N) is 2. The fraction of sp³-hybridized carbons (Fsp3) is 0.478. The Morgan fingerprint density at radius 2 is 2.09 bits per heavy atom. The van der Waals surface area contributed by atoms with Gasteiger partial charge in [-0.2, -0.15) is 0 Å². The monoisotopic (exact) mass is 475 g/mol. The topological polar surface area (TPSA) is 72.9 Å². The van der Waals surface area contributed by atoms with Crippen molar-refractivity contribution in [1.82, 2.24) is 10.3 Å². The van der Waals surface area contributed by atoms with E-state index < -0.39 is 0 Å². The van der Waals surface area contributed by atoms with Crippen LogP contribution in [0.15, 0.2) is 24.3 Å². The second-order valence-electron chi connectivity index (χ2n) is 7.56. The quantitative estimate of drug-likeness (QED) is 0.458. The SMILES string of the molecule is CCN(CC)c1nc2sc(C(=O)NCc3ccc(OCC4CCCO4)c(OC)c3)cc2s1. The van der Waals surface area contributed by atoms with E-state index >= 15 is 0 Å². The van der Waals surface area contributed by atoms with Gasteiger partial charge in [0.05, 0.1) is 22.8 Å². The third-order valence-corrected chi connectivity index (χ3v) is 7.69. The molecule has 0 saturated carbocycles. The third kappa shape index (κ3) is 5.16. The van der Waals surface area contributed by atoms with Crippen LogP contribution in [-0.2, 0) is 11.3 Å². The first-order chi connectivity index (χ1) is 15.6. The van der Waals surface area contributed by atoms with Crippen molar-refractivity contribution in [3.05, 3.63) is 34.7 Å². The highest BCUT2D eigenvalue weighted by Gasteiger charge is 2.18. The zero-order chi connectivity index (χ0) is 22.5. The van der Waals surface area contributed by atoms with E-state index in [4.69, 9.17) is 19.2 Å². The molecule has 1 amide bonds. The van der Waals surface area contributed by atoms with Gasteiger partial charge in [-0.05, 0) is 50.5 Å². The maximum Gasteiger partial charge on any atom is 0.261 e. The van der Waals surface area contributed by atoms with Crippen LogP contribution in [0.5, 0.6) is 11.5 Å². The lowest BCUT2D eigenvalue weighted by atomic mass is 10.2. The number of thiazole rings is 1. The molecule has 1 atom stereocenters. The number of amides is 1. The number of aromatic nitrogens is 1. The molecule has 0 spiro atoms. The number of nitrogens with one attached hydrogen (secondary N) is 1. The van der Waals surface area contributed by atoms with Gasteiger partial charge in [0.1, 0.15) is 11.4 Å². The van der Waals surface area contributed by atoms with Crippen LogP contribution in [0.1, 0.15) is 41.9 Å². The van der Waals surface area contributed by atoms with Crippen molar-refractivity contribution in [3.63, 3.8) is 0 Å². The van der Waals surface area contributed by atoms with Gasteiger partial charge in [-0.25, -0.2) is 4.98 Å². The zero-order valence-electron chi connectivity index (χ0n) is 18.7. The molecule has 172 valence electrons. The molecule has 0 radical (unpaired) electrons. The largest absolute Gasteiger partial charge is 0.493 e. The summed E-state index contributed by atoms with van der Waals surface area (Å²) in [7, 11) is 1.62. The van der Waals surface area contributed by atoms with Gasteiger partial charge in [-0.3, -0.25) is 4.79 Å². The molecular formula is C23H29N3O4S2. The normalized spacial score (nSPS) is 15.8. The summed E-state index contributed by atoms with van der Waals surface area (Å²) in [5.41, 5.74) is 0.944. The molecule has 3 aromatic rings. The first-order valence-corrected chi connectivity index (χ1v) is 12.6. The van der Waals surface area contributed by atoms with E-state index in [1.165, 1.54) is 11.3 Å². The Morgan fingerprint density at radius 3 is 2.78 bits per heavy atom.